The Kier molecular flexibility index (Phi) is 6.06. The predicted octanol–water partition coefficient (Wildman–Crippen LogP) is 5.00. The molecule has 2 aromatic heterocycles. The second kappa shape index (κ2) is 9.02. The largest absolute Gasteiger partial charge is 0.383 e. The molecule has 5 rings (SSSR count). The number of nitrogen functional groups attached to an aromatic ring is 1. The van der Waals surface area contributed by atoms with E-state index in [1.54, 1.807) is 21.9 Å². The Morgan fingerprint density at radius 2 is 1.94 bits per heavy atom. The molecule has 2 aromatic carbocycles. The molecule has 4 aromatic rings. The van der Waals surface area contributed by atoms with Gasteiger partial charge in [0, 0.05) is 40.7 Å². The van der Waals surface area contributed by atoms with Crippen LogP contribution in [0.25, 0.3) is 21.0 Å². The highest BCUT2D eigenvalue weighted by atomic mass is 35.5. The maximum atomic E-state index is 13.4. The Morgan fingerprint density at radius 3 is 2.74 bits per heavy atom. The first-order valence-corrected chi connectivity index (χ1v) is 12.4. The highest BCUT2D eigenvalue weighted by Gasteiger charge is 2.36. The molecule has 1 aliphatic heterocycles. The van der Waals surface area contributed by atoms with Crippen LogP contribution in [0, 0.1) is 0 Å². The van der Waals surface area contributed by atoms with Crippen LogP contribution >= 0.6 is 34.5 Å². The van der Waals surface area contributed by atoms with E-state index in [0.29, 0.717) is 46.8 Å². The van der Waals surface area contributed by atoms with E-state index in [4.69, 9.17) is 28.9 Å². The number of benzene rings is 2. The molecule has 1 atom stereocenters. The van der Waals surface area contributed by atoms with Crippen molar-refractivity contribution >= 4 is 73.2 Å². The monoisotopic (exact) mass is 513 g/mol. The summed E-state index contributed by atoms with van der Waals surface area (Å²) in [6.07, 6.45) is 1.96. The summed E-state index contributed by atoms with van der Waals surface area (Å²) in [6, 6.07) is 10.6. The third kappa shape index (κ3) is 3.96. The molecule has 0 aliphatic carbocycles. The van der Waals surface area contributed by atoms with E-state index in [2.05, 4.69) is 9.97 Å². The third-order valence-electron chi connectivity index (χ3n) is 6.17. The van der Waals surface area contributed by atoms with Crippen LogP contribution in [0.4, 0.5) is 5.82 Å². The molecule has 174 valence electrons. The van der Waals surface area contributed by atoms with Crippen LogP contribution in [0.3, 0.4) is 0 Å². The smallest absolute Gasteiger partial charge is 0.254 e. The maximum Gasteiger partial charge on any atom is 0.254 e. The Hall–Kier alpha value is -2.94. The molecule has 0 saturated carbocycles. The standard InChI is InChI=1S/C24H21Cl2N5O2S/c1-2-18-24(33)30(11-13-3-5-15-17(9-13)28-12-29-22(15)27)7-8-31(18)23(32)14-4-6-16-19(10-14)34-21(26)20(16)25/h3-6,9-10,12,18H,2,7-8,11H2,1H3,(H2,27,28,29)/t18-/m0/s1. The molecule has 1 aliphatic rings. The van der Waals surface area contributed by atoms with Crippen LogP contribution in [-0.4, -0.2) is 50.7 Å². The number of thiophene rings is 1. The maximum absolute atomic E-state index is 13.4. The molecule has 34 heavy (non-hydrogen) atoms. The number of rotatable bonds is 4. The molecular weight excluding hydrogens is 493 g/mol. The first kappa shape index (κ1) is 22.8. The van der Waals surface area contributed by atoms with Crippen LogP contribution in [0.15, 0.2) is 42.7 Å². The summed E-state index contributed by atoms with van der Waals surface area (Å²) in [7, 11) is 0. The van der Waals surface area contributed by atoms with Gasteiger partial charge in [0.05, 0.1) is 10.5 Å². The summed E-state index contributed by atoms with van der Waals surface area (Å²) in [6.45, 7) is 3.26. The molecule has 10 heteroatoms. The molecule has 0 radical (unpaired) electrons. The summed E-state index contributed by atoms with van der Waals surface area (Å²) >= 11 is 13.7. The average molecular weight is 514 g/mol. The number of fused-ring (bicyclic) bond motifs is 2. The summed E-state index contributed by atoms with van der Waals surface area (Å²) in [5.41, 5.74) is 8.12. The summed E-state index contributed by atoms with van der Waals surface area (Å²) < 4.78 is 1.35. The zero-order valence-electron chi connectivity index (χ0n) is 18.3. The van der Waals surface area contributed by atoms with E-state index >= 15 is 0 Å². The quantitative estimate of drug-likeness (QED) is 0.414. The first-order valence-electron chi connectivity index (χ1n) is 10.8. The van der Waals surface area contributed by atoms with Gasteiger partial charge in [-0.05, 0) is 36.2 Å². The van der Waals surface area contributed by atoms with E-state index in [9.17, 15) is 9.59 Å². The van der Waals surface area contributed by atoms with E-state index < -0.39 is 6.04 Å². The fourth-order valence-electron chi connectivity index (χ4n) is 4.41. The van der Waals surface area contributed by atoms with Gasteiger partial charge >= 0.3 is 0 Å². The van der Waals surface area contributed by atoms with Crippen LogP contribution in [0.1, 0.15) is 29.3 Å². The molecule has 0 spiro atoms. The van der Waals surface area contributed by atoms with Crippen molar-refractivity contribution in [1.82, 2.24) is 19.8 Å². The summed E-state index contributed by atoms with van der Waals surface area (Å²) in [5.74, 6) is 0.198. The van der Waals surface area contributed by atoms with Crippen molar-refractivity contribution in [2.45, 2.75) is 25.9 Å². The fraction of sp³-hybridized carbons (Fsp3) is 0.250. The van der Waals surface area contributed by atoms with Crippen molar-refractivity contribution in [3.05, 3.63) is 63.2 Å². The number of anilines is 1. The minimum Gasteiger partial charge on any atom is -0.383 e. The second-order valence-electron chi connectivity index (χ2n) is 8.19. The number of hydrogen-bond donors (Lipinski definition) is 1. The number of nitrogens with two attached hydrogens (primary N) is 1. The predicted molar refractivity (Wildman–Crippen MR) is 136 cm³/mol. The van der Waals surface area contributed by atoms with Crippen LogP contribution in [0.5, 0.6) is 0 Å². The number of nitrogens with zero attached hydrogens (tertiary/aromatic N) is 4. The van der Waals surface area contributed by atoms with Crippen molar-refractivity contribution in [3.63, 3.8) is 0 Å². The van der Waals surface area contributed by atoms with E-state index in [1.807, 2.05) is 31.2 Å². The fourth-order valence-corrected chi connectivity index (χ4v) is 5.96. The van der Waals surface area contributed by atoms with Crippen LogP contribution < -0.4 is 5.73 Å². The number of hydrogen-bond acceptors (Lipinski definition) is 6. The lowest BCUT2D eigenvalue weighted by atomic mass is 10.0. The van der Waals surface area contributed by atoms with Gasteiger partial charge in [0.25, 0.3) is 5.91 Å². The molecule has 2 amide bonds. The lowest BCUT2D eigenvalue weighted by Gasteiger charge is -2.40. The minimum atomic E-state index is -0.522. The molecule has 0 unspecified atom stereocenters. The molecule has 3 heterocycles. The van der Waals surface area contributed by atoms with Gasteiger partial charge < -0.3 is 15.5 Å². The SMILES string of the molecule is CC[C@H]1C(=O)N(Cc2ccc3c(N)ncnc3c2)CCN1C(=O)c1ccc2c(Cl)c(Cl)sc2c1. The Morgan fingerprint density at radius 1 is 1.15 bits per heavy atom. The van der Waals surface area contributed by atoms with Crippen molar-refractivity contribution in [2.75, 3.05) is 18.8 Å². The Bertz CT molecular complexity index is 1440. The molecule has 0 bridgehead atoms. The minimum absolute atomic E-state index is 0.0623. The highest BCUT2D eigenvalue weighted by molar-refractivity contribution is 7.23. The van der Waals surface area contributed by atoms with E-state index in [0.717, 1.165) is 26.6 Å². The van der Waals surface area contributed by atoms with Crippen LogP contribution in [0.2, 0.25) is 9.36 Å². The van der Waals surface area contributed by atoms with Gasteiger partial charge in [0.15, 0.2) is 0 Å². The first-order chi connectivity index (χ1) is 16.4. The molecule has 2 N–H and O–H groups in total. The lowest BCUT2D eigenvalue weighted by Crippen LogP contribution is -2.58. The molecule has 7 nitrogen and oxygen atoms in total. The zero-order valence-corrected chi connectivity index (χ0v) is 20.6. The van der Waals surface area contributed by atoms with Gasteiger partial charge in [-0.15, -0.1) is 11.3 Å². The molecule has 1 saturated heterocycles. The number of halogens is 2. The van der Waals surface area contributed by atoms with Gasteiger partial charge in [0.1, 0.15) is 22.5 Å². The average Bonchev–Trinajstić information content (AvgIpc) is 3.12. The number of carbonyl (C=O) groups excluding carboxylic acids is 2. The second-order valence-corrected chi connectivity index (χ2v) is 10.2. The Balaban J connectivity index is 1.36. The summed E-state index contributed by atoms with van der Waals surface area (Å²) in [5, 5.41) is 2.10. The Labute approximate surface area is 210 Å². The molecular formula is C24H21Cl2N5O2S. The summed E-state index contributed by atoms with van der Waals surface area (Å²) in [4.78, 5) is 38.5. The van der Waals surface area contributed by atoms with Gasteiger partial charge in [-0.1, -0.05) is 42.3 Å². The number of aromatic nitrogens is 2. The highest BCUT2D eigenvalue weighted by Crippen LogP contribution is 2.39. The van der Waals surface area contributed by atoms with Gasteiger partial charge in [0.2, 0.25) is 5.91 Å². The lowest BCUT2D eigenvalue weighted by molar-refractivity contribution is -0.141. The normalized spacial score (nSPS) is 16.6. The number of piperazine rings is 1. The van der Waals surface area contributed by atoms with Gasteiger partial charge in [-0.3, -0.25) is 9.59 Å². The van der Waals surface area contributed by atoms with E-state index in [1.165, 1.54) is 17.7 Å². The number of amides is 2. The van der Waals surface area contributed by atoms with E-state index in [-0.39, 0.29) is 11.8 Å². The van der Waals surface area contributed by atoms with Gasteiger partial charge in [-0.25, -0.2) is 9.97 Å². The molecule has 1 fully saturated rings. The van der Waals surface area contributed by atoms with Crippen molar-refractivity contribution in [2.24, 2.45) is 0 Å². The topological polar surface area (TPSA) is 92.4 Å². The van der Waals surface area contributed by atoms with Crippen molar-refractivity contribution in [1.29, 1.82) is 0 Å². The van der Waals surface area contributed by atoms with Crippen molar-refractivity contribution < 1.29 is 9.59 Å². The number of carbonyl (C=O) groups is 2. The van der Waals surface area contributed by atoms with Crippen molar-refractivity contribution in [3.8, 4) is 0 Å². The van der Waals surface area contributed by atoms with Gasteiger partial charge in [-0.2, -0.15) is 0 Å². The zero-order chi connectivity index (χ0) is 24.0. The van der Waals surface area contributed by atoms with Crippen LogP contribution in [-0.2, 0) is 11.3 Å². The third-order valence-corrected chi connectivity index (χ3v) is 8.14.